The second kappa shape index (κ2) is 5.28. The fourth-order valence-electron chi connectivity index (χ4n) is 1.68. The molecular formula is C14H12ClFN2O. The van der Waals surface area contributed by atoms with Gasteiger partial charge in [-0.15, -0.1) is 0 Å². The molecule has 0 heterocycles. The molecule has 3 N–H and O–H groups in total. The van der Waals surface area contributed by atoms with Crippen molar-refractivity contribution in [3.63, 3.8) is 0 Å². The predicted molar refractivity (Wildman–Crippen MR) is 75.0 cm³/mol. The lowest BCUT2D eigenvalue weighted by molar-refractivity contribution is 0.102. The van der Waals surface area contributed by atoms with E-state index in [1.54, 1.807) is 18.2 Å². The van der Waals surface area contributed by atoms with Crippen molar-refractivity contribution in [2.45, 2.75) is 6.92 Å². The largest absolute Gasteiger partial charge is 0.398 e. The molecule has 0 saturated heterocycles. The van der Waals surface area contributed by atoms with Crippen LogP contribution in [-0.4, -0.2) is 5.91 Å². The number of hydrogen-bond donors (Lipinski definition) is 2. The molecule has 0 atom stereocenters. The molecule has 0 aliphatic rings. The zero-order valence-electron chi connectivity index (χ0n) is 10.2. The summed E-state index contributed by atoms with van der Waals surface area (Å²) in [5.41, 5.74) is 7.42. The van der Waals surface area contributed by atoms with Crippen LogP contribution in [0.2, 0.25) is 5.02 Å². The molecule has 0 unspecified atom stereocenters. The normalized spacial score (nSPS) is 10.3. The number of aryl methyl sites for hydroxylation is 1. The molecule has 5 heteroatoms. The van der Waals surface area contributed by atoms with Gasteiger partial charge < -0.3 is 11.1 Å². The molecule has 0 bridgehead atoms. The summed E-state index contributed by atoms with van der Waals surface area (Å²) in [6, 6.07) is 8.75. The Bertz CT molecular complexity index is 643. The van der Waals surface area contributed by atoms with Crippen molar-refractivity contribution in [3.8, 4) is 0 Å². The summed E-state index contributed by atoms with van der Waals surface area (Å²) < 4.78 is 13.1. The Hall–Kier alpha value is -2.07. The van der Waals surface area contributed by atoms with E-state index < -0.39 is 11.7 Å². The second-order valence-electron chi connectivity index (χ2n) is 4.14. The topological polar surface area (TPSA) is 55.1 Å². The average Bonchev–Trinajstić information content (AvgIpc) is 2.35. The number of carbonyl (C=O) groups excluding carboxylic acids is 1. The van der Waals surface area contributed by atoms with Gasteiger partial charge in [0.25, 0.3) is 5.91 Å². The van der Waals surface area contributed by atoms with Gasteiger partial charge in [0.05, 0.1) is 5.56 Å². The van der Waals surface area contributed by atoms with E-state index in [1.807, 2.05) is 6.92 Å². The maximum atomic E-state index is 13.1. The fraction of sp³-hybridized carbons (Fsp3) is 0.0714. The number of carbonyl (C=O) groups is 1. The lowest BCUT2D eigenvalue weighted by Crippen LogP contribution is -2.15. The van der Waals surface area contributed by atoms with Crippen LogP contribution < -0.4 is 11.1 Å². The molecule has 1 amide bonds. The summed E-state index contributed by atoms with van der Waals surface area (Å²) in [5.74, 6) is -0.963. The van der Waals surface area contributed by atoms with Crippen LogP contribution in [0.4, 0.5) is 15.8 Å². The third-order valence-corrected chi connectivity index (χ3v) is 2.93. The molecule has 0 fully saturated rings. The Labute approximate surface area is 115 Å². The third-order valence-electron chi connectivity index (χ3n) is 2.70. The highest BCUT2D eigenvalue weighted by atomic mass is 35.5. The van der Waals surface area contributed by atoms with E-state index in [0.717, 1.165) is 11.6 Å². The number of anilines is 2. The maximum Gasteiger partial charge on any atom is 0.257 e. The fourth-order valence-corrected chi connectivity index (χ4v) is 1.91. The Morgan fingerprint density at radius 3 is 2.68 bits per heavy atom. The second-order valence-corrected chi connectivity index (χ2v) is 4.58. The number of nitrogen functional groups attached to an aromatic ring is 1. The van der Waals surface area contributed by atoms with Crippen molar-refractivity contribution >= 4 is 28.9 Å². The van der Waals surface area contributed by atoms with Crippen molar-refractivity contribution in [1.29, 1.82) is 0 Å². The zero-order chi connectivity index (χ0) is 14.0. The Balaban J connectivity index is 2.28. The van der Waals surface area contributed by atoms with Gasteiger partial charge in [-0.1, -0.05) is 11.6 Å². The van der Waals surface area contributed by atoms with E-state index in [4.69, 9.17) is 17.3 Å². The first-order valence-electron chi connectivity index (χ1n) is 5.60. The van der Waals surface area contributed by atoms with Gasteiger partial charge in [-0.05, 0) is 48.9 Å². The van der Waals surface area contributed by atoms with Crippen molar-refractivity contribution in [1.82, 2.24) is 0 Å². The van der Waals surface area contributed by atoms with Gasteiger partial charge >= 0.3 is 0 Å². The van der Waals surface area contributed by atoms with E-state index in [1.165, 1.54) is 12.1 Å². The molecule has 0 saturated carbocycles. The molecular weight excluding hydrogens is 267 g/mol. The Kier molecular flexibility index (Phi) is 3.71. The van der Waals surface area contributed by atoms with Crippen molar-refractivity contribution < 1.29 is 9.18 Å². The first kappa shape index (κ1) is 13.4. The minimum Gasteiger partial charge on any atom is -0.398 e. The SMILES string of the molecule is Cc1cc(Cl)ccc1NC(=O)c1cc(F)ccc1N. The Morgan fingerprint density at radius 2 is 2.00 bits per heavy atom. The number of rotatable bonds is 2. The van der Waals surface area contributed by atoms with Gasteiger partial charge in [0.1, 0.15) is 5.82 Å². The van der Waals surface area contributed by atoms with E-state index in [2.05, 4.69) is 5.32 Å². The van der Waals surface area contributed by atoms with Gasteiger partial charge in [-0.25, -0.2) is 4.39 Å². The highest BCUT2D eigenvalue weighted by molar-refractivity contribution is 6.30. The molecule has 0 radical (unpaired) electrons. The van der Waals surface area contributed by atoms with E-state index in [9.17, 15) is 9.18 Å². The zero-order valence-corrected chi connectivity index (χ0v) is 11.0. The number of nitrogens with two attached hydrogens (primary N) is 1. The molecule has 0 spiro atoms. The molecule has 2 aromatic rings. The molecule has 2 rings (SSSR count). The van der Waals surface area contributed by atoms with E-state index in [0.29, 0.717) is 10.7 Å². The van der Waals surface area contributed by atoms with Gasteiger partial charge in [0, 0.05) is 16.4 Å². The quantitative estimate of drug-likeness (QED) is 0.824. The number of benzene rings is 2. The van der Waals surface area contributed by atoms with Gasteiger partial charge in [-0.2, -0.15) is 0 Å². The highest BCUT2D eigenvalue weighted by Crippen LogP contribution is 2.21. The number of nitrogens with one attached hydrogen (secondary N) is 1. The first-order valence-corrected chi connectivity index (χ1v) is 5.97. The predicted octanol–water partition coefficient (Wildman–Crippen LogP) is 3.62. The first-order chi connectivity index (χ1) is 8.97. The number of hydrogen-bond acceptors (Lipinski definition) is 2. The highest BCUT2D eigenvalue weighted by Gasteiger charge is 2.12. The molecule has 0 aliphatic carbocycles. The van der Waals surface area contributed by atoms with Crippen LogP contribution in [-0.2, 0) is 0 Å². The van der Waals surface area contributed by atoms with E-state index in [-0.39, 0.29) is 11.3 Å². The molecule has 0 aliphatic heterocycles. The van der Waals surface area contributed by atoms with Crippen LogP contribution >= 0.6 is 11.6 Å². The van der Waals surface area contributed by atoms with Gasteiger partial charge in [-0.3, -0.25) is 4.79 Å². The summed E-state index contributed by atoms with van der Waals surface area (Å²) >= 11 is 5.83. The number of halogens is 2. The van der Waals surface area contributed by atoms with Crippen LogP contribution in [0.5, 0.6) is 0 Å². The van der Waals surface area contributed by atoms with Crippen molar-refractivity contribution in [2.75, 3.05) is 11.1 Å². The van der Waals surface area contributed by atoms with Crippen LogP contribution in [0.3, 0.4) is 0 Å². The van der Waals surface area contributed by atoms with Gasteiger partial charge in [0.15, 0.2) is 0 Å². The monoisotopic (exact) mass is 278 g/mol. The summed E-state index contributed by atoms with van der Waals surface area (Å²) in [6.07, 6.45) is 0. The summed E-state index contributed by atoms with van der Waals surface area (Å²) in [5, 5.41) is 3.26. The molecule has 19 heavy (non-hydrogen) atoms. The molecule has 3 nitrogen and oxygen atoms in total. The number of amides is 1. The van der Waals surface area contributed by atoms with Crippen LogP contribution in [0, 0.1) is 12.7 Å². The Morgan fingerprint density at radius 1 is 1.26 bits per heavy atom. The van der Waals surface area contributed by atoms with Crippen LogP contribution in [0.15, 0.2) is 36.4 Å². The minimum absolute atomic E-state index is 0.106. The standard InChI is InChI=1S/C14H12ClFN2O/c1-8-6-9(15)2-5-13(8)18-14(19)11-7-10(16)3-4-12(11)17/h2-7H,17H2,1H3,(H,18,19). The van der Waals surface area contributed by atoms with Crippen LogP contribution in [0.25, 0.3) is 0 Å². The minimum atomic E-state index is -0.507. The van der Waals surface area contributed by atoms with E-state index >= 15 is 0 Å². The molecule has 0 aromatic heterocycles. The van der Waals surface area contributed by atoms with Crippen molar-refractivity contribution in [2.24, 2.45) is 0 Å². The maximum absolute atomic E-state index is 13.1. The average molecular weight is 279 g/mol. The lowest BCUT2D eigenvalue weighted by Gasteiger charge is -2.10. The summed E-state index contributed by atoms with van der Waals surface area (Å²) in [6.45, 7) is 1.82. The third kappa shape index (κ3) is 3.03. The lowest BCUT2D eigenvalue weighted by atomic mass is 10.1. The van der Waals surface area contributed by atoms with Crippen LogP contribution in [0.1, 0.15) is 15.9 Å². The van der Waals surface area contributed by atoms with Gasteiger partial charge in [0.2, 0.25) is 0 Å². The molecule has 2 aromatic carbocycles. The summed E-state index contributed by atoms with van der Waals surface area (Å²) in [7, 11) is 0. The smallest absolute Gasteiger partial charge is 0.257 e. The summed E-state index contributed by atoms with van der Waals surface area (Å²) in [4.78, 5) is 12.0. The van der Waals surface area contributed by atoms with Crippen molar-refractivity contribution in [3.05, 3.63) is 58.4 Å². The molecule has 98 valence electrons.